The van der Waals surface area contributed by atoms with Crippen LogP contribution in [0.4, 0.5) is 5.69 Å². The van der Waals surface area contributed by atoms with Gasteiger partial charge in [-0.25, -0.2) is 4.68 Å². The number of amides is 1. The smallest absolute Gasteiger partial charge is 0.295 e. The molecule has 4 rings (SSSR count). The number of aromatic nitrogens is 2. The average Bonchev–Trinajstić information content (AvgIpc) is 3.01. The van der Waals surface area contributed by atoms with Crippen LogP contribution in [0, 0.1) is 6.92 Å². The van der Waals surface area contributed by atoms with Crippen molar-refractivity contribution in [2.24, 2.45) is 7.05 Å². The molecule has 3 aromatic carbocycles. The van der Waals surface area contributed by atoms with Crippen LogP contribution in [-0.2, 0) is 11.8 Å². The van der Waals surface area contributed by atoms with E-state index in [-0.39, 0.29) is 11.5 Å². The summed E-state index contributed by atoms with van der Waals surface area (Å²) in [6.45, 7) is 3.67. The molecule has 1 heterocycles. The number of hydrogen-bond donors (Lipinski definition) is 1. The minimum absolute atomic E-state index is 0.223. The van der Waals surface area contributed by atoms with Gasteiger partial charge in [-0.1, -0.05) is 42.5 Å². The van der Waals surface area contributed by atoms with Gasteiger partial charge in [-0.15, -0.1) is 0 Å². The summed E-state index contributed by atoms with van der Waals surface area (Å²) in [7, 11) is 3.44. The molecule has 6 heteroatoms. The molecule has 31 heavy (non-hydrogen) atoms. The van der Waals surface area contributed by atoms with E-state index in [1.54, 1.807) is 23.5 Å². The summed E-state index contributed by atoms with van der Waals surface area (Å²) >= 11 is 0. The van der Waals surface area contributed by atoms with Crippen LogP contribution >= 0.6 is 0 Å². The Bertz CT molecular complexity index is 1320. The maximum absolute atomic E-state index is 13.1. The van der Waals surface area contributed by atoms with Crippen molar-refractivity contribution in [1.82, 2.24) is 9.36 Å². The van der Waals surface area contributed by atoms with Crippen LogP contribution in [0.5, 0.6) is 5.75 Å². The number of ether oxygens (including phenoxy) is 1. The van der Waals surface area contributed by atoms with Crippen LogP contribution in [0.1, 0.15) is 24.1 Å². The van der Waals surface area contributed by atoms with E-state index >= 15 is 0 Å². The number of anilines is 1. The fraction of sp³-hybridized carbons (Fsp3) is 0.200. The van der Waals surface area contributed by atoms with Gasteiger partial charge in [0.05, 0.1) is 24.4 Å². The zero-order chi connectivity index (χ0) is 22.1. The van der Waals surface area contributed by atoms with Crippen LogP contribution in [0.3, 0.4) is 0 Å². The Morgan fingerprint density at radius 1 is 1.00 bits per heavy atom. The molecule has 0 fully saturated rings. The van der Waals surface area contributed by atoms with Crippen molar-refractivity contribution in [2.45, 2.75) is 19.8 Å². The standard InChI is InChI=1S/C25H25N3O3/c1-16(18-10-11-20-15-22(31-4)13-12-19(20)14-18)24(29)26-23-17(2)27(3)28(25(23)30)21-8-6-5-7-9-21/h5-16H,1-4H3,(H,26,29). The predicted octanol–water partition coefficient (Wildman–Crippen LogP) is 4.39. The molecule has 0 saturated heterocycles. The zero-order valence-electron chi connectivity index (χ0n) is 18.0. The number of nitrogens with zero attached hydrogens (tertiary/aromatic N) is 2. The molecule has 0 bridgehead atoms. The van der Waals surface area contributed by atoms with E-state index < -0.39 is 5.92 Å². The SMILES string of the molecule is COc1ccc2cc(C(C)C(=O)Nc3c(C)n(C)n(-c4ccccc4)c3=O)ccc2c1. The van der Waals surface area contributed by atoms with Crippen LogP contribution in [0.15, 0.2) is 71.5 Å². The van der Waals surface area contributed by atoms with Gasteiger partial charge in [-0.3, -0.25) is 14.3 Å². The first kappa shape index (κ1) is 20.5. The van der Waals surface area contributed by atoms with Gasteiger partial charge in [-0.05, 0) is 54.4 Å². The summed E-state index contributed by atoms with van der Waals surface area (Å²) in [5, 5.41) is 4.93. The second kappa shape index (κ2) is 8.14. The molecule has 1 atom stereocenters. The van der Waals surface area contributed by atoms with Crippen molar-refractivity contribution in [3.8, 4) is 11.4 Å². The Balaban J connectivity index is 1.63. The fourth-order valence-corrected chi connectivity index (χ4v) is 3.73. The Morgan fingerprint density at radius 2 is 1.68 bits per heavy atom. The number of fused-ring (bicyclic) bond motifs is 1. The van der Waals surface area contributed by atoms with Crippen molar-refractivity contribution in [2.75, 3.05) is 12.4 Å². The van der Waals surface area contributed by atoms with Crippen molar-refractivity contribution in [1.29, 1.82) is 0 Å². The highest BCUT2D eigenvalue weighted by molar-refractivity contribution is 5.97. The topological polar surface area (TPSA) is 65.3 Å². The monoisotopic (exact) mass is 415 g/mol. The van der Waals surface area contributed by atoms with Gasteiger partial charge in [0.25, 0.3) is 5.56 Å². The average molecular weight is 415 g/mol. The molecule has 4 aromatic rings. The fourth-order valence-electron chi connectivity index (χ4n) is 3.73. The van der Waals surface area contributed by atoms with E-state index in [2.05, 4.69) is 5.32 Å². The van der Waals surface area contributed by atoms with Crippen LogP contribution < -0.4 is 15.6 Å². The number of para-hydroxylation sites is 1. The second-order valence-corrected chi connectivity index (χ2v) is 7.62. The van der Waals surface area contributed by atoms with Crippen LogP contribution in [0.25, 0.3) is 16.5 Å². The molecule has 0 spiro atoms. The van der Waals surface area contributed by atoms with Gasteiger partial charge in [0.1, 0.15) is 11.4 Å². The first-order valence-electron chi connectivity index (χ1n) is 10.1. The van der Waals surface area contributed by atoms with E-state index in [0.717, 1.165) is 27.8 Å². The largest absolute Gasteiger partial charge is 0.497 e. The molecule has 1 amide bonds. The molecule has 0 aliphatic rings. The Kier molecular flexibility index (Phi) is 5.38. The lowest BCUT2D eigenvalue weighted by molar-refractivity contribution is -0.117. The molecular formula is C25H25N3O3. The summed E-state index contributed by atoms with van der Waals surface area (Å²) in [5.41, 5.74) is 2.37. The summed E-state index contributed by atoms with van der Waals surface area (Å²) in [4.78, 5) is 26.1. The van der Waals surface area contributed by atoms with Gasteiger partial charge in [0.2, 0.25) is 5.91 Å². The van der Waals surface area contributed by atoms with Crippen molar-refractivity contribution in [3.05, 3.63) is 88.3 Å². The second-order valence-electron chi connectivity index (χ2n) is 7.62. The lowest BCUT2D eigenvalue weighted by atomic mass is 9.97. The maximum Gasteiger partial charge on any atom is 0.295 e. The Labute approximate surface area is 180 Å². The molecule has 0 aliphatic heterocycles. The van der Waals surface area contributed by atoms with E-state index in [4.69, 9.17) is 4.74 Å². The number of carbonyl (C=O) groups is 1. The number of carbonyl (C=O) groups excluding carboxylic acids is 1. The number of nitrogens with one attached hydrogen (secondary N) is 1. The maximum atomic E-state index is 13.1. The molecular weight excluding hydrogens is 390 g/mol. The van der Waals surface area contributed by atoms with E-state index in [1.807, 2.05) is 80.6 Å². The molecule has 0 radical (unpaired) electrons. The third-order valence-electron chi connectivity index (χ3n) is 5.77. The highest BCUT2D eigenvalue weighted by Crippen LogP contribution is 2.26. The van der Waals surface area contributed by atoms with Gasteiger partial charge < -0.3 is 10.1 Å². The van der Waals surface area contributed by atoms with Crippen LogP contribution in [0.2, 0.25) is 0 Å². The van der Waals surface area contributed by atoms with Crippen molar-refractivity contribution in [3.63, 3.8) is 0 Å². The van der Waals surface area contributed by atoms with Gasteiger partial charge in [0, 0.05) is 7.05 Å². The molecule has 1 unspecified atom stereocenters. The molecule has 1 aromatic heterocycles. The van der Waals surface area contributed by atoms with Crippen molar-refractivity contribution >= 4 is 22.4 Å². The lowest BCUT2D eigenvalue weighted by Crippen LogP contribution is -2.25. The normalized spacial score (nSPS) is 12.0. The third-order valence-corrected chi connectivity index (χ3v) is 5.77. The molecule has 6 nitrogen and oxygen atoms in total. The third kappa shape index (κ3) is 3.72. The Morgan fingerprint density at radius 3 is 2.39 bits per heavy atom. The number of rotatable bonds is 5. The number of hydrogen-bond acceptors (Lipinski definition) is 3. The molecule has 0 aliphatic carbocycles. The molecule has 0 saturated carbocycles. The first-order valence-corrected chi connectivity index (χ1v) is 10.1. The number of benzene rings is 3. The Hall–Kier alpha value is -3.80. The predicted molar refractivity (Wildman–Crippen MR) is 123 cm³/mol. The summed E-state index contributed by atoms with van der Waals surface area (Å²) in [5.74, 6) is 0.148. The summed E-state index contributed by atoms with van der Waals surface area (Å²) in [6, 6.07) is 21.1. The first-order chi connectivity index (χ1) is 14.9. The highest BCUT2D eigenvalue weighted by atomic mass is 16.5. The summed E-state index contributed by atoms with van der Waals surface area (Å²) < 4.78 is 8.58. The molecule has 158 valence electrons. The zero-order valence-corrected chi connectivity index (χ0v) is 18.0. The number of methoxy groups -OCH3 is 1. The quantitative estimate of drug-likeness (QED) is 0.526. The summed E-state index contributed by atoms with van der Waals surface area (Å²) in [6.07, 6.45) is 0. The highest BCUT2D eigenvalue weighted by Gasteiger charge is 2.22. The van der Waals surface area contributed by atoms with Crippen LogP contribution in [-0.4, -0.2) is 22.4 Å². The molecule has 1 N–H and O–H groups in total. The van der Waals surface area contributed by atoms with Gasteiger partial charge >= 0.3 is 0 Å². The van der Waals surface area contributed by atoms with Crippen molar-refractivity contribution < 1.29 is 9.53 Å². The van der Waals surface area contributed by atoms with E-state index in [0.29, 0.717) is 11.4 Å². The minimum atomic E-state index is -0.421. The van der Waals surface area contributed by atoms with E-state index in [1.165, 1.54) is 0 Å². The van der Waals surface area contributed by atoms with Gasteiger partial charge in [-0.2, -0.15) is 0 Å². The minimum Gasteiger partial charge on any atom is -0.497 e. The van der Waals surface area contributed by atoms with E-state index in [9.17, 15) is 9.59 Å². The lowest BCUT2D eigenvalue weighted by Gasteiger charge is -2.13. The van der Waals surface area contributed by atoms with Gasteiger partial charge in [0.15, 0.2) is 0 Å².